The highest BCUT2D eigenvalue weighted by Crippen LogP contribution is 2.58. The van der Waals surface area contributed by atoms with Gasteiger partial charge in [0.1, 0.15) is 6.07 Å². The average molecular weight is 258 g/mol. The maximum atomic E-state index is 12.1. The average Bonchev–Trinajstić information content (AvgIpc) is 2.93. The second kappa shape index (κ2) is 4.39. The molecule has 0 aromatic heterocycles. The van der Waals surface area contributed by atoms with E-state index in [1.54, 1.807) is 38.1 Å². The Morgan fingerprint density at radius 2 is 1.95 bits per heavy atom. The number of amides is 1. The Hall–Kier alpha value is -2.35. The molecule has 1 saturated carbocycles. The summed E-state index contributed by atoms with van der Waals surface area (Å²) in [6.07, 6.45) is 0. The van der Waals surface area contributed by atoms with Crippen LogP contribution in [0.25, 0.3) is 0 Å². The number of carboxylic acids is 1. The van der Waals surface area contributed by atoms with E-state index in [-0.39, 0.29) is 5.91 Å². The number of nitrogens with zero attached hydrogens (tertiary/aromatic N) is 1. The zero-order valence-electron chi connectivity index (χ0n) is 10.7. The maximum Gasteiger partial charge on any atom is 0.307 e. The van der Waals surface area contributed by atoms with E-state index in [0.29, 0.717) is 11.3 Å². The van der Waals surface area contributed by atoms with Gasteiger partial charge in [-0.2, -0.15) is 5.26 Å². The summed E-state index contributed by atoms with van der Waals surface area (Å²) in [7, 11) is 0. The fraction of sp³-hybridized carbons (Fsp3) is 0.357. The van der Waals surface area contributed by atoms with Gasteiger partial charge in [0.05, 0.1) is 23.1 Å². The number of aliphatic carboxylic acids is 1. The minimum absolute atomic E-state index is 0.347. The van der Waals surface area contributed by atoms with Gasteiger partial charge >= 0.3 is 5.97 Å². The van der Waals surface area contributed by atoms with Crippen molar-refractivity contribution in [2.45, 2.75) is 13.8 Å². The van der Waals surface area contributed by atoms with E-state index in [1.807, 2.05) is 6.07 Å². The topological polar surface area (TPSA) is 90.2 Å². The summed E-state index contributed by atoms with van der Waals surface area (Å²) in [4.78, 5) is 23.1. The number of anilines is 1. The lowest BCUT2D eigenvalue weighted by atomic mass is 10.1. The van der Waals surface area contributed by atoms with Gasteiger partial charge in [-0.25, -0.2) is 0 Å². The van der Waals surface area contributed by atoms with Crippen LogP contribution >= 0.6 is 0 Å². The van der Waals surface area contributed by atoms with E-state index in [2.05, 4.69) is 5.32 Å². The van der Waals surface area contributed by atoms with Crippen LogP contribution in [0, 0.1) is 28.6 Å². The number of nitrogens with one attached hydrogen (secondary N) is 1. The monoisotopic (exact) mass is 258 g/mol. The number of carboxylic acid groups (broad SMARTS) is 1. The normalized spacial score (nSPS) is 23.2. The lowest BCUT2D eigenvalue weighted by Gasteiger charge is -2.07. The van der Waals surface area contributed by atoms with E-state index < -0.39 is 23.2 Å². The van der Waals surface area contributed by atoms with Gasteiger partial charge in [-0.3, -0.25) is 9.59 Å². The lowest BCUT2D eigenvalue weighted by molar-refractivity contribution is -0.140. The molecule has 1 aromatic carbocycles. The quantitative estimate of drug-likeness (QED) is 0.865. The number of para-hydroxylation sites is 1. The Balaban J connectivity index is 2.16. The molecule has 0 saturated heterocycles. The number of nitriles is 1. The molecule has 1 amide bonds. The molecule has 5 heteroatoms. The first-order chi connectivity index (χ1) is 8.89. The highest BCUT2D eigenvalue weighted by atomic mass is 16.4. The van der Waals surface area contributed by atoms with Gasteiger partial charge < -0.3 is 10.4 Å². The molecule has 19 heavy (non-hydrogen) atoms. The van der Waals surface area contributed by atoms with Crippen molar-refractivity contribution in [1.82, 2.24) is 0 Å². The Bertz CT molecular complexity index is 587. The van der Waals surface area contributed by atoms with Crippen molar-refractivity contribution in [2.24, 2.45) is 17.3 Å². The minimum Gasteiger partial charge on any atom is -0.481 e. The summed E-state index contributed by atoms with van der Waals surface area (Å²) in [6.45, 7) is 3.51. The van der Waals surface area contributed by atoms with Crippen molar-refractivity contribution in [3.8, 4) is 6.07 Å². The summed E-state index contributed by atoms with van der Waals surface area (Å²) in [6, 6.07) is 8.63. The molecule has 0 bridgehead atoms. The zero-order chi connectivity index (χ0) is 14.2. The number of hydrogen-bond acceptors (Lipinski definition) is 3. The maximum absolute atomic E-state index is 12.1. The predicted molar refractivity (Wildman–Crippen MR) is 68.2 cm³/mol. The fourth-order valence-corrected chi connectivity index (χ4v) is 2.49. The van der Waals surface area contributed by atoms with Crippen molar-refractivity contribution in [3.63, 3.8) is 0 Å². The minimum atomic E-state index is -0.960. The van der Waals surface area contributed by atoms with Crippen LogP contribution in [0.15, 0.2) is 24.3 Å². The molecule has 0 aliphatic heterocycles. The third kappa shape index (κ3) is 2.17. The number of hydrogen-bond donors (Lipinski definition) is 2. The van der Waals surface area contributed by atoms with Gasteiger partial charge in [0.15, 0.2) is 0 Å². The molecule has 2 rings (SSSR count). The van der Waals surface area contributed by atoms with E-state index >= 15 is 0 Å². The molecule has 2 atom stereocenters. The highest BCUT2D eigenvalue weighted by molar-refractivity contribution is 6.00. The summed E-state index contributed by atoms with van der Waals surface area (Å²) in [5.41, 5.74) is 0.236. The molecule has 1 aliphatic carbocycles. The standard InChI is InChI=1S/C14H14N2O3/c1-14(2)10(11(14)13(18)19)12(17)16-9-6-4-3-5-8(9)7-15/h3-6,10-11H,1-2H3,(H,16,17)(H,18,19)/t10-,11+/m0/s1. The fourth-order valence-electron chi connectivity index (χ4n) is 2.49. The Morgan fingerprint density at radius 3 is 2.47 bits per heavy atom. The van der Waals surface area contributed by atoms with E-state index in [9.17, 15) is 9.59 Å². The second-order valence-electron chi connectivity index (χ2n) is 5.26. The van der Waals surface area contributed by atoms with Crippen LogP contribution in [0.5, 0.6) is 0 Å². The molecule has 2 N–H and O–H groups in total. The van der Waals surface area contributed by atoms with Gasteiger partial charge in [0.2, 0.25) is 5.91 Å². The van der Waals surface area contributed by atoms with Gasteiger partial charge in [0, 0.05) is 0 Å². The molecule has 1 aromatic rings. The number of carbonyl (C=O) groups is 2. The van der Waals surface area contributed by atoms with Gasteiger partial charge in [0.25, 0.3) is 0 Å². The molecule has 0 radical (unpaired) electrons. The Morgan fingerprint density at radius 1 is 1.32 bits per heavy atom. The Kier molecular flexibility index (Phi) is 3.03. The molecule has 0 heterocycles. The van der Waals surface area contributed by atoms with E-state index in [0.717, 1.165) is 0 Å². The van der Waals surface area contributed by atoms with Crippen molar-refractivity contribution in [1.29, 1.82) is 5.26 Å². The predicted octanol–water partition coefficient (Wildman–Crippen LogP) is 1.85. The third-order valence-corrected chi connectivity index (χ3v) is 3.68. The second-order valence-corrected chi connectivity index (χ2v) is 5.26. The first kappa shape index (κ1) is 13.1. The summed E-state index contributed by atoms with van der Waals surface area (Å²) >= 11 is 0. The number of carbonyl (C=O) groups excluding carboxylic acids is 1. The molecule has 0 unspecified atom stereocenters. The molecular weight excluding hydrogens is 244 g/mol. The lowest BCUT2D eigenvalue weighted by Crippen LogP contribution is -2.18. The molecule has 1 fully saturated rings. The van der Waals surface area contributed by atoms with Crippen LogP contribution in [-0.2, 0) is 9.59 Å². The van der Waals surface area contributed by atoms with Gasteiger partial charge in [-0.05, 0) is 17.5 Å². The third-order valence-electron chi connectivity index (χ3n) is 3.68. The SMILES string of the molecule is CC1(C)[C@H](C(=O)Nc2ccccc2C#N)[C@@H]1C(=O)O. The van der Waals surface area contributed by atoms with Gasteiger partial charge in [-0.15, -0.1) is 0 Å². The zero-order valence-corrected chi connectivity index (χ0v) is 10.7. The molecular formula is C14H14N2O3. The highest BCUT2D eigenvalue weighted by Gasteiger charge is 2.65. The van der Waals surface area contributed by atoms with Crippen LogP contribution in [0.2, 0.25) is 0 Å². The van der Waals surface area contributed by atoms with E-state index in [1.165, 1.54) is 0 Å². The van der Waals surface area contributed by atoms with Crippen LogP contribution in [0.4, 0.5) is 5.69 Å². The molecule has 5 nitrogen and oxygen atoms in total. The van der Waals surface area contributed by atoms with Crippen molar-refractivity contribution in [2.75, 3.05) is 5.32 Å². The Labute approximate surface area is 110 Å². The molecule has 0 spiro atoms. The smallest absolute Gasteiger partial charge is 0.307 e. The molecule has 1 aliphatic rings. The van der Waals surface area contributed by atoms with Gasteiger partial charge in [-0.1, -0.05) is 26.0 Å². The van der Waals surface area contributed by atoms with Crippen LogP contribution in [-0.4, -0.2) is 17.0 Å². The van der Waals surface area contributed by atoms with Crippen molar-refractivity contribution in [3.05, 3.63) is 29.8 Å². The van der Waals surface area contributed by atoms with Crippen molar-refractivity contribution < 1.29 is 14.7 Å². The molecule has 98 valence electrons. The first-order valence-corrected chi connectivity index (χ1v) is 5.92. The summed E-state index contributed by atoms with van der Waals surface area (Å²) < 4.78 is 0. The van der Waals surface area contributed by atoms with E-state index in [4.69, 9.17) is 10.4 Å². The van der Waals surface area contributed by atoms with Crippen molar-refractivity contribution >= 4 is 17.6 Å². The van der Waals surface area contributed by atoms with Crippen LogP contribution in [0.3, 0.4) is 0 Å². The summed E-state index contributed by atoms with van der Waals surface area (Å²) in [5.74, 6) is -2.53. The largest absolute Gasteiger partial charge is 0.481 e. The van der Waals surface area contributed by atoms with Crippen LogP contribution < -0.4 is 5.32 Å². The first-order valence-electron chi connectivity index (χ1n) is 5.92. The summed E-state index contributed by atoms with van der Waals surface area (Å²) in [5, 5.41) is 20.6. The number of rotatable bonds is 3. The van der Waals surface area contributed by atoms with Crippen LogP contribution in [0.1, 0.15) is 19.4 Å². The number of benzene rings is 1.